The van der Waals surface area contributed by atoms with Crippen LogP contribution in [-0.2, 0) is 11.3 Å². The highest BCUT2D eigenvalue weighted by Gasteiger charge is 2.04. The van der Waals surface area contributed by atoms with Gasteiger partial charge in [0.2, 0.25) is 0 Å². The number of rotatable bonds is 3. The standard InChI is InChI=1S/C16H14N2OS2/c1-2-18-13-7-3-4-8-14(13)21-16(18)17-15(19)10-9-12-6-5-11-20-12/h3-11H,2H2,1H3. The molecule has 3 aromatic rings. The van der Waals surface area contributed by atoms with Gasteiger partial charge < -0.3 is 4.57 Å². The molecule has 0 unspecified atom stereocenters. The van der Waals surface area contributed by atoms with E-state index in [9.17, 15) is 4.79 Å². The van der Waals surface area contributed by atoms with Crippen LogP contribution in [0.5, 0.6) is 0 Å². The van der Waals surface area contributed by atoms with Crippen molar-refractivity contribution in [3.8, 4) is 0 Å². The van der Waals surface area contributed by atoms with Gasteiger partial charge >= 0.3 is 0 Å². The second kappa shape index (κ2) is 6.20. The van der Waals surface area contributed by atoms with Crippen molar-refractivity contribution in [2.75, 3.05) is 0 Å². The summed E-state index contributed by atoms with van der Waals surface area (Å²) >= 11 is 3.14. The molecule has 0 N–H and O–H groups in total. The topological polar surface area (TPSA) is 34.4 Å². The second-order valence-electron chi connectivity index (χ2n) is 4.40. The Morgan fingerprint density at radius 2 is 2.14 bits per heavy atom. The molecule has 0 aliphatic carbocycles. The third-order valence-electron chi connectivity index (χ3n) is 3.04. The van der Waals surface area contributed by atoms with E-state index in [2.05, 4.69) is 28.6 Å². The van der Waals surface area contributed by atoms with Gasteiger partial charge in [0.05, 0.1) is 10.2 Å². The third-order valence-corrected chi connectivity index (χ3v) is 4.94. The summed E-state index contributed by atoms with van der Waals surface area (Å²) < 4.78 is 3.21. The van der Waals surface area contributed by atoms with Crippen LogP contribution in [0.1, 0.15) is 11.8 Å². The zero-order chi connectivity index (χ0) is 14.7. The van der Waals surface area contributed by atoms with Gasteiger partial charge in [0.15, 0.2) is 4.80 Å². The SMILES string of the molecule is CCn1c(=NC(=O)C=Cc2cccs2)sc2ccccc21. The van der Waals surface area contributed by atoms with E-state index < -0.39 is 0 Å². The van der Waals surface area contributed by atoms with Crippen molar-refractivity contribution in [3.05, 3.63) is 57.5 Å². The first-order valence-corrected chi connectivity index (χ1v) is 8.36. The number of hydrogen-bond acceptors (Lipinski definition) is 3. The second-order valence-corrected chi connectivity index (χ2v) is 6.38. The minimum atomic E-state index is -0.225. The summed E-state index contributed by atoms with van der Waals surface area (Å²) in [4.78, 5) is 18.0. The van der Waals surface area contributed by atoms with Crippen LogP contribution >= 0.6 is 22.7 Å². The Morgan fingerprint density at radius 3 is 2.90 bits per heavy atom. The summed E-state index contributed by atoms with van der Waals surface area (Å²) in [5, 5.41) is 1.98. The van der Waals surface area contributed by atoms with Crippen LogP contribution in [0.3, 0.4) is 0 Å². The van der Waals surface area contributed by atoms with Gasteiger partial charge in [-0.1, -0.05) is 29.5 Å². The molecule has 0 saturated carbocycles. The highest BCUT2D eigenvalue weighted by atomic mass is 32.1. The van der Waals surface area contributed by atoms with Crippen LogP contribution in [0.15, 0.2) is 52.8 Å². The van der Waals surface area contributed by atoms with Crippen LogP contribution in [0.4, 0.5) is 0 Å². The van der Waals surface area contributed by atoms with Crippen molar-refractivity contribution < 1.29 is 4.79 Å². The molecule has 5 heteroatoms. The predicted molar refractivity (Wildman–Crippen MR) is 89.4 cm³/mol. The molecule has 1 aromatic carbocycles. The Balaban J connectivity index is 1.97. The predicted octanol–water partition coefficient (Wildman–Crippen LogP) is 3.92. The third kappa shape index (κ3) is 3.04. The fraction of sp³-hybridized carbons (Fsp3) is 0.125. The minimum Gasteiger partial charge on any atom is -0.317 e. The molecule has 2 aromatic heterocycles. The van der Waals surface area contributed by atoms with E-state index in [1.54, 1.807) is 28.7 Å². The molecule has 1 amide bonds. The van der Waals surface area contributed by atoms with E-state index in [1.165, 1.54) is 6.08 Å². The molecule has 0 aliphatic heterocycles. The average molecular weight is 314 g/mol. The molecule has 3 nitrogen and oxygen atoms in total. The van der Waals surface area contributed by atoms with Gasteiger partial charge in [-0.2, -0.15) is 4.99 Å². The molecule has 0 atom stereocenters. The molecule has 0 bridgehead atoms. The van der Waals surface area contributed by atoms with Gasteiger partial charge in [-0.05, 0) is 36.6 Å². The fourth-order valence-corrected chi connectivity index (χ4v) is 3.80. The number of thiophene rings is 1. The van der Waals surface area contributed by atoms with Gasteiger partial charge in [-0.15, -0.1) is 11.3 Å². The van der Waals surface area contributed by atoms with Crippen molar-refractivity contribution in [2.45, 2.75) is 13.5 Å². The number of thiazole rings is 1. The van der Waals surface area contributed by atoms with Crippen molar-refractivity contribution in [3.63, 3.8) is 0 Å². The molecule has 106 valence electrons. The average Bonchev–Trinajstić information content (AvgIpc) is 3.12. The molecule has 0 fully saturated rings. The van der Waals surface area contributed by atoms with E-state index in [-0.39, 0.29) is 5.91 Å². The first-order valence-electron chi connectivity index (χ1n) is 6.66. The summed E-state index contributed by atoms with van der Waals surface area (Å²) in [6.07, 6.45) is 3.33. The smallest absolute Gasteiger partial charge is 0.272 e. The van der Waals surface area contributed by atoms with Crippen molar-refractivity contribution in [1.29, 1.82) is 0 Å². The van der Waals surface area contributed by atoms with Crippen LogP contribution in [-0.4, -0.2) is 10.5 Å². The van der Waals surface area contributed by atoms with Crippen LogP contribution in [0.2, 0.25) is 0 Å². The number of para-hydroxylation sites is 1. The van der Waals surface area contributed by atoms with E-state index >= 15 is 0 Å². The Hall–Kier alpha value is -1.98. The molecular formula is C16H14N2OS2. The van der Waals surface area contributed by atoms with Crippen LogP contribution in [0, 0.1) is 0 Å². The summed E-state index contributed by atoms with van der Waals surface area (Å²) in [6, 6.07) is 12.0. The zero-order valence-electron chi connectivity index (χ0n) is 11.5. The number of nitrogens with zero attached hydrogens (tertiary/aromatic N) is 2. The Kier molecular flexibility index (Phi) is 4.13. The minimum absolute atomic E-state index is 0.225. The number of hydrogen-bond donors (Lipinski definition) is 0. The normalized spacial score (nSPS) is 12.5. The number of aromatic nitrogens is 1. The summed E-state index contributed by atoms with van der Waals surface area (Å²) in [5.74, 6) is -0.225. The van der Waals surface area contributed by atoms with Gasteiger partial charge in [-0.25, -0.2) is 0 Å². The van der Waals surface area contributed by atoms with Gasteiger partial charge in [0, 0.05) is 17.5 Å². The van der Waals surface area contributed by atoms with Gasteiger partial charge in [-0.3, -0.25) is 4.79 Å². The molecule has 0 spiro atoms. The lowest BCUT2D eigenvalue weighted by Gasteiger charge is -1.98. The number of aryl methyl sites for hydroxylation is 1. The number of benzene rings is 1. The fourth-order valence-electron chi connectivity index (χ4n) is 2.08. The monoisotopic (exact) mass is 314 g/mol. The lowest BCUT2D eigenvalue weighted by molar-refractivity contribution is -0.113. The Morgan fingerprint density at radius 1 is 1.29 bits per heavy atom. The van der Waals surface area contributed by atoms with Crippen LogP contribution in [0.25, 0.3) is 16.3 Å². The lowest BCUT2D eigenvalue weighted by atomic mass is 10.3. The number of carbonyl (C=O) groups is 1. The first-order chi connectivity index (χ1) is 10.3. The molecule has 0 radical (unpaired) electrons. The Bertz CT molecular complexity index is 854. The number of amides is 1. The summed E-state index contributed by atoms with van der Waals surface area (Å²) in [5.41, 5.74) is 1.12. The highest BCUT2D eigenvalue weighted by Crippen LogP contribution is 2.16. The van der Waals surface area contributed by atoms with E-state index in [4.69, 9.17) is 0 Å². The number of fused-ring (bicyclic) bond motifs is 1. The summed E-state index contributed by atoms with van der Waals surface area (Å²) in [6.45, 7) is 2.86. The molecular weight excluding hydrogens is 300 g/mol. The maximum Gasteiger partial charge on any atom is 0.272 e. The van der Waals surface area contributed by atoms with Crippen LogP contribution < -0.4 is 4.80 Å². The molecule has 21 heavy (non-hydrogen) atoms. The molecule has 3 rings (SSSR count). The summed E-state index contributed by atoms with van der Waals surface area (Å²) in [7, 11) is 0. The molecule has 0 aliphatic rings. The number of carbonyl (C=O) groups excluding carboxylic acids is 1. The van der Waals surface area contributed by atoms with Crippen molar-refractivity contribution in [2.24, 2.45) is 4.99 Å². The molecule has 2 heterocycles. The van der Waals surface area contributed by atoms with E-state index in [0.29, 0.717) is 0 Å². The lowest BCUT2D eigenvalue weighted by Crippen LogP contribution is -2.15. The molecule has 0 saturated heterocycles. The first kappa shape index (κ1) is 14.0. The Labute approximate surface area is 130 Å². The van der Waals surface area contributed by atoms with Gasteiger partial charge in [0.25, 0.3) is 5.91 Å². The maximum absolute atomic E-state index is 12.0. The van der Waals surface area contributed by atoms with Crippen molar-refractivity contribution in [1.82, 2.24) is 4.57 Å². The van der Waals surface area contributed by atoms with E-state index in [0.717, 1.165) is 26.4 Å². The van der Waals surface area contributed by atoms with Crippen molar-refractivity contribution >= 4 is 44.9 Å². The zero-order valence-corrected chi connectivity index (χ0v) is 13.2. The van der Waals surface area contributed by atoms with Gasteiger partial charge in [0.1, 0.15) is 0 Å². The highest BCUT2D eigenvalue weighted by molar-refractivity contribution is 7.16. The van der Waals surface area contributed by atoms with E-state index in [1.807, 2.05) is 29.6 Å². The maximum atomic E-state index is 12.0. The largest absolute Gasteiger partial charge is 0.317 e. The quantitative estimate of drug-likeness (QED) is 0.675.